The summed E-state index contributed by atoms with van der Waals surface area (Å²) in [7, 11) is 0. The lowest BCUT2D eigenvalue weighted by atomic mass is 10.2. The summed E-state index contributed by atoms with van der Waals surface area (Å²) >= 11 is 9.35. The number of nitrogens with zero attached hydrogens (tertiary/aromatic N) is 2. The van der Waals surface area contributed by atoms with Gasteiger partial charge in [0.1, 0.15) is 16.6 Å². The number of benzene rings is 1. The molecule has 0 saturated carbocycles. The van der Waals surface area contributed by atoms with Crippen LogP contribution in [0.1, 0.15) is 0 Å². The molecule has 0 aliphatic heterocycles. The number of hydrogen-bond donors (Lipinski definition) is 0. The van der Waals surface area contributed by atoms with Gasteiger partial charge in [0.05, 0.1) is 5.02 Å². The van der Waals surface area contributed by atoms with Gasteiger partial charge in [-0.15, -0.1) is 0 Å². The number of halogens is 2. The molecule has 0 bridgehead atoms. The van der Waals surface area contributed by atoms with Crippen molar-refractivity contribution in [3.8, 4) is 11.5 Å². The van der Waals surface area contributed by atoms with Gasteiger partial charge in [0, 0.05) is 11.5 Å². The van der Waals surface area contributed by atoms with E-state index in [1.165, 1.54) is 6.33 Å². The van der Waals surface area contributed by atoms with Crippen LogP contribution in [0.5, 0.6) is 0 Å². The maximum Gasteiger partial charge on any atom is 0.154 e. The third-order valence-electron chi connectivity index (χ3n) is 2.38. The molecule has 0 unspecified atom stereocenters. The van der Waals surface area contributed by atoms with Crippen LogP contribution in [0.4, 0.5) is 0 Å². The standard InChI is InChI=1S/C12H6BrClN2O/c13-11-5-9(15-6-16-11)10-4-7-2-1-3-8(14)12(7)17-10/h1-6H. The number of para-hydroxylation sites is 1. The van der Waals surface area contributed by atoms with Crippen LogP contribution in [0.2, 0.25) is 5.02 Å². The largest absolute Gasteiger partial charge is 0.453 e. The Hall–Kier alpha value is -1.39. The molecule has 0 saturated heterocycles. The van der Waals surface area contributed by atoms with Gasteiger partial charge in [0.25, 0.3) is 0 Å². The maximum atomic E-state index is 6.05. The van der Waals surface area contributed by atoms with Crippen molar-refractivity contribution in [2.75, 3.05) is 0 Å². The number of furan rings is 1. The van der Waals surface area contributed by atoms with E-state index in [0.717, 1.165) is 11.1 Å². The molecule has 3 rings (SSSR count). The van der Waals surface area contributed by atoms with E-state index in [0.29, 0.717) is 21.0 Å². The minimum Gasteiger partial charge on any atom is -0.453 e. The van der Waals surface area contributed by atoms with Crippen LogP contribution in [0.15, 0.2) is 45.7 Å². The van der Waals surface area contributed by atoms with Crippen molar-refractivity contribution in [1.29, 1.82) is 0 Å². The third-order valence-corrected chi connectivity index (χ3v) is 3.11. The van der Waals surface area contributed by atoms with E-state index >= 15 is 0 Å². The van der Waals surface area contributed by atoms with Crippen molar-refractivity contribution in [3.63, 3.8) is 0 Å². The average molecular weight is 310 g/mol. The zero-order valence-electron chi connectivity index (χ0n) is 8.52. The molecule has 5 heteroatoms. The van der Waals surface area contributed by atoms with Crippen LogP contribution < -0.4 is 0 Å². The van der Waals surface area contributed by atoms with E-state index < -0.39 is 0 Å². The van der Waals surface area contributed by atoms with Gasteiger partial charge in [-0.3, -0.25) is 0 Å². The highest BCUT2D eigenvalue weighted by atomic mass is 79.9. The van der Waals surface area contributed by atoms with E-state index in [2.05, 4.69) is 25.9 Å². The van der Waals surface area contributed by atoms with E-state index in [1.807, 2.05) is 18.2 Å². The van der Waals surface area contributed by atoms with Crippen molar-refractivity contribution in [2.24, 2.45) is 0 Å². The second kappa shape index (κ2) is 4.13. The summed E-state index contributed by atoms with van der Waals surface area (Å²) in [5.41, 5.74) is 1.40. The molecule has 1 aromatic carbocycles. The topological polar surface area (TPSA) is 38.9 Å². The van der Waals surface area contributed by atoms with Crippen LogP contribution in [-0.2, 0) is 0 Å². The summed E-state index contributed by atoms with van der Waals surface area (Å²) in [6, 6.07) is 9.35. The van der Waals surface area contributed by atoms with Gasteiger partial charge < -0.3 is 4.42 Å². The lowest BCUT2D eigenvalue weighted by Crippen LogP contribution is -1.83. The van der Waals surface area contributed by atoms with Gasteiger partial charge >= 0.3 is 0 Å². The Bertz CT molecular complexity index is 696. The second-order valence-corrected chi connectivity index (χ2v) is 4.71. The number of aromatic nitrogens is 2. The van der Waals surface area contributed by atoms with Crippen LogP contribution >= 0.6 is 27.5 Å². The molecule has 0 atom stereocenters. The fourth-order valence-electron chi connectivity index (χ4n) is 1.62. The van der Waals surface area contributed by atoms with Crippen LogP contribution in [0.3, 0.4) is 0 Å². The minimum absolute atomic E-state index is 0.599. The van der Waals surface area contributed by atoms with Gasteiger partial charge in [-0.2, -0.15) is 0 Å². The summed E-state index contributed by atoms with van der Waals surface area (Å²) < 4.78 is 6.41. The zero-order chi connectivity index (χ0) is 11.8. The molecule has 3 aromatic rings. The molecule has 0 fully saturated rings. The Morgan fingerprint density at radius 2 is 2.06 bits per heavy atom. The van der Waals surface area contributed by atoms with Gasteiger partial charge in [0.2, 0.25) is 0 Å². The molecule has 17 heavy (non-hydrogen) atoms. The molecule has 0 aliphatic rings. The lowest BCUT2D eigenvalue weighted by Gasteiger charge is -1.95. The van der Waals surface area contributed by atoms with Crippen LogP contribution in [0, 0.1) is 0 Å². The van der Waals surface area contributed by atoms with Gasteiger partial charge in [-0.25, -0.2) is 9.97 Å². The zero-order valence-corrected chi connectivity index (χ0v) is 10.9. The highest BCUT2D eigenvalue weighted by Crippen LogP contribution is 2.31. The molecular formula is C12H6BrClN2O. The fourth-order valence-corrected chi connectivity index (χ4v) is 2.15. The first-order valence-electron chi connectivity index (χ1n) is 4.90. The van der Waals surface area contributed by atoms with Crippen molar-refractivity contribution in [1.82, 2.24) is 9.97 Å². The molecule has 84 valence electrons. The molecule has 0 amide bonds. The molecule has 0 N–H and O–H groups in total. The van der Waals surface area contributed by atoms with Crippen molar-refractivity contribution in [3.05, 3.63) is 46.3 Å². The molecular weight excluding hydrogens is 304 g/mol. The van der Waals surface area contributed by atoms with Crippen molar-refractivity contribution < 1.29 is 4.42 Å². The summed E-state index contributed by atoms with van der Waals surface area (Å²) in [6.45, 7) is 0. The fraction of sp³-hybridized carbons (Fsp3) is 0. The van der Waals surface area contributed by atoms with Gasteiger partial charge in [0.15, 0.2) is 11.3 Å². The highest BCUT2D eigenvalue weighted by Gasteiger charge is 2.09. The first kappa shape index (κ1) is 10.7. The lowest BCUT2D eigenvalue weighted by molar-refractivity contribution is 0.628. The molecule has 2 aromatic heterocycles. The Morgan fingerprint density at radius 3 is 2.82 bits per heavy atom. The van der Waals surface area contributed by atoms with Crippen LogP contribution in [0.25, 0.3) is 22.4 Å². The quantitative estimate of drug-likeness (QED) is 0.629. The SMILES string of the molecule is Clc1cccc2cc(-c3cc(Br)ncn3)oc12. The van der Waals surface area contributed by atoms with Gasteiger partial charge in [-0.1, -0.05) is 23.7 Å². The summed E-state index contributed by atoms with van der Waals surface area (Å²) in [5, 5.41) is 1.56. The average Bonchev–Trinajstić information content (AvgIpc) is 2.74. The predicted molar refractivity (Wildman–Crippen MR) is 70.0 cm³/mol. The van der Waals surface area contributed by atoms with E-state index in [4.69, 9.17) is 16.0 Å². The van der Waals surface area contributed by atoms with E-state index in [9.17, 15) is 0 Å². The monoisotopic (exact) mass is 308 g/mol. The van der Waals surface area contributed by atoms with Gasteiger partial charge in [-0.05, 0) is 28.1 Å². The van der Waals surface area contributed by atoms with Crippen molar-refractivity contribution >= 4 is 38.5 Å². The third kappa shape index (κ3) is 1.94. The number of fused-ring (bicyclic) bond motifs is 1. The molecule has 0 aliphatic carbocycles. The Kier molecular flexibility index (Phi) is 2.61. The number of rotatable bonds is 1. The first-order chi connectivity index (χ1) is 8.24. The van der Waals surface area contributed by atoms with Crippen LogP contribution in [-0.4, -0.2) is 9.97 Å². The number of hydrogen-bond acceptors (Lipinski definition) is 3. The van der Waals surface area contributed by atoms with Crippen molar-refractivity contribution in [2.45, 2.75) is 0 Å². The van der Waals surface area contributed by atoms with E-state index in [1.54, 1.807) is 12.1 Å². The Balaban J connectivity index is 2.22. The molecule has 0 spiro atoms. The maximum absolute atomic E-state index is 6.05. The Morgan fingerprint density at radius 1 is 1.18 bits per heavy atom. The summed E-state index contributed by atoms with van der Waals surface area (Å²) in [5.74, 6) is 0.677. The molecule has 3 nitrogen and oxygen atoms in total. The Labute approximate surface area is 111 Å². The summed E-state index contributed by atoms with van der Waals surface area (Å²) in [6.07, 6.45) is 1.48. The second-order valence-electron chi connectivity index (χ2n) is 3.49. The molecule has 0 radical (unpaired) electrons. The smallest absolute Gasteiger partial charge is 0.154 e. The van der Waals surface area contributed by atoms with E-state index in [-0.39, 0.29) is 0 Å². The normalized spacial score (nSPS) is 10.9. The predicted octanol–water partition coefficient (Wildman–Crippen LogP) is 4.31. The highest BCUT2D eigenvalue weighted by molar-refractivity contribution is 9.10. The minimum atomic E-state index is 0.599. The first-order valence-corrected chi connectivity index (χ1v) is 6.07. The molecule has 2 heterocycles. The summed E-state index contributed by atoms with van der Waals surface area (Å²) in [4.78, 5) is 8.13.